The van der Waals surface area contributed by atoms with Crippen molar-refractivity contribution in [2.45, 2.75) is 90.2 Å². The van der Waals surface area contributed by atoms with Gasteiger partial charge in [-0.3, -0.25) is 9.45 Å². The highest BCUT2D eigenvalue weighted by atomic mass is 32.2. The quantitative estimate of drug-likeness (QED) is 0.540. The minimum atomic E-state index is -3.67. The summed E-state index contributed by atoms with van der Waals surface area (Å²) in [5, 5.41) is 21.3. The molecule has 0 amide bonds. The van der Waals surface area contributed by atoms with Crippen LogP contribution in [0.1, 0.15) is 77.8 Å². The van der Waals surface area contributed by atoms with Crippen molar-refractivity contribution in [3.63, 3.8) is 0 Å². The summed E-state index contributed by atoms with van der Waals surface area (Å²) in [6, 6.07) is 6.59. The van der Waals surface area contributed by atoms with E-state index < -0.39 is 15.7 Å². The molecule has 0 aromatic heterocycles. The first-order valence-electron chi connectivity index (χ1n) is 12.2. The Kier molecular flexibility index (Phi) is 7.32. The van der Waals surface area contributed by atoms with E-state index in [0.29, 0.717) is 24.0 Å². The average molecular weight is 482 g/mol. The maximum atomic E-state index is 11.1. The average Bonchev–Trinajstić information content (AvgIpc) is 3.46. The first kappa shape index (κ1) is 26.5. The summed E-state index contributed by atoms with van der Waals surface area (Å²) < 4.78 is 25.9. The molecule has 7 heteroatoms. The lowest BCUT2D eigenvalue weighted by atomic mass is 9.56. The third-order valence-electron chi connectivity index (χ3n) is 8.56. The summed E-state index contributed by atoms with van der Waals surface area (Å²) in [7, 11) is -3.67. The van der Waals surface area contributed by atoms with Crippen LogP contribution in [-0.2, 0) is 22.0 Å². The lowest BCUT2D eigenvalue weighted by Gasteiger charge is -2.56. The van der Waals surface area contributed by atoms with E-state index >= 15 is 0 Å². The Morgan fingerprint density at radius 3 is 2.33 bits per heavy atom. The van der Waals surface area contributed by atoms with Crippen molar-refractivity contribution in [3.8, 4) is 5.75 Å². The Balaban J connectivity index is 0.000000555. The molecule has 1 unspecified atom stereocenters. The van der Waals surface area contributed by atoms with E-state index in [-0.39, 0.29) is 10.8 Å². The predicted octanol–water partition coefficient (Wildman–Crippen LogP) is 4.39. The number of piperidine rings is 1. The highest BCUT2D eigenvalue weighted by molar-refractivity contribution is 7.85. The van der Waals surface area contributed by atoms with E-state index in [9.17, 15) is 18.6 Å². The number of phenols is 1. The first-order valence-corrected chi connectivity index (χ1v) is 14.1. The summed E-state index contributed by atoms with van der Waals surface area (Å²) >= 11 is 0. The fourth-order valence-corrected chi connectivity index (χ4v) is 5.69. The van der Waals surface area contributed by atoms with E-state index in [1.165, 1.54) is 37.1 Å². The molecule has 4 rings (SSSR count). The van der Waals surface area contributed by atoms with Gasteiger partial charge in [-0.25, -0.2) is 0 Å². The van der Waals surface area contributed by atoms with Gasteiger partial charge in [0, 0.05) is 12.6 Å². The molecule has 1 saturated heterocycles. The Bertz CT molecular complexity index is 940. The predicted molar refractivity (Wildman–Crippen MR) is 132 cm³/mol. The molecular weight excluding hydrogens is 438 g/mol. The molecular formula is C26H43NO5S. The number of hydrogen-bond donors (Lipinski definition) is 3. The largest absolute Gasteiger partial charge is 0.508 e. The number of hydrogen-bond acceptors (Lipinski definition) is 5. The van der Waals surface area contributed by atoms with Gasteiger partial charge in [0.2, 0.25) is 0 Å². The lowest BCUT2D eigenvalue weighted by Crippen LogP contribution is -2.59. The summed E-state index contributed by atoms with van der Waals surface area (Å²) in [5.74, 6) is 1.83. The van der Waals surface area contributed by atoms with Crippen LogP contribution in [0.3, 0.4) is 0 Å². The number of nitrogens with zero attached hydrogens (tertiary/aromatic N) is 1. The second-order valence-corrected chi connectivity index (χ2v) is 13.6. The Labute approximate surface area is 200 Å². The summed E-state index contributed by atoms with van der Waals surface area (Å²) in [6.07, 6.45) is 7.62. The molecule has 3 aliphatic rings. The molecule has 2 aliphatic carbocycles. The van der Waals surface area contributed by atoms with Gasteiger partial charge in [0.05, 0.1) is 11.9 Å². The van der Waals surface area contributed by atoms with Gasteiger partial charge >= 0.3 is 0 Å². The van der Waals surface area contributed by atoms with Crippen LogP contribution in [0.2, 0.25) is 0 Å². The summed E-state index contributed by atoms with van der Waals surface area (Å²) in [4.78, 5) is 2.77. The van der Waals surface area contributed by atoms with Crippen molar-refractivity contribution < 1.29 is 23.2 Å². The molecule has 4 atom stereocenters. The number of benzene rings is 1. The van der Waals surface area contributed by atoms with E-state index in [2.05, 4.69) is 38.7 Å². The number of aliphatic hydroxyl groups is 1. The normalized spacial score (nSPS) is 29.5. The number of phenolic OH excluding ortho intramolecular Hbond substituents is 1. The minimum Gasteiger partial charge on any atom is -0.508 e. The number of fused-ring (bicyclic) bond motifs is 4. The number of rotatable bonds is 5. The lowest BCUT2D eigenvalue weighted by molar-refractivity contribution is -0.0646. The monoisotopic (exact) mass is 481 g/mol. The zero-order valence-corrected chi connectivity index (χ0v) is 22.0. The highest BCUT2D eigenvalue weighted by Gasteiger charge is 2.51. The van der Waals surface area contributed by atoms with Gasteiger partial charge in [-0.1, -0.05) is 33.8 Å². The van der Waals surface area contributed by atoms with Crippen LogP contribution >= 0.6 is 0 Å². The second kappa shape index (κ2) is 9.14. The van der Waals surface area contributed by atoms with Gasteiger partial charge in [0.1, 0.15) is 5.75 Å². The van der Waals surface area contributed by atoms with Gasteiger partial charge in [-0.05, 0) is 97.9 Å². The van der Waals surface area contributed by atoms with E-state index in [1.54, 1.807) is 0 Å². The molecule has 1 aromatic rings. The fraction of sp³-hybridized carbons (Fsp3) is 0.769. The summed E-state index contributed by atoms with van der Waals surface area (Å²) in [5.41, 5.74) is 2.07. The third-order valence-corrected chi connectivity index (χ3v) is 8.56. The van der Waals surface area contributed by atoms with Gasteiger partial charge in [-0.2, -0.15) is 8.42 Å². The van der Waals surface area contributed by atoms with Crippen molar-refractivity contribution in [1.29, 1.82) is 0 Å². The molecule has 1 aliphatic heterocycles. The Hall–Kier alpha value is -1.15. The standard InChI is InChI=1S/C25H39NO2.CH4O3S/c1-23(2,3)25(5,28)11-10-20-22-14-18-8-9-19(27)15-21(18)24(20,4)12-13-26(22)16-17-6-7-17;1-5(2,3)4/h8-9,15,17,20,22,27-28H,6-7,10-14,16H2,1-5H3;1H3,(H,2,3,4)/t20-,22-,24+,25?;/m1./s1. The van der Waals surface area contributed by atoms with Crippen LogP contribution in [-0.4, -0.2) is 59.1 Å². The molecule has 2 fully saturated rings. The van der Waals surface area contributed by atoms with Crippen LogP contribution in [0.5, 0.6) is 5.75 Å². The van der Waals surface area contributed by atoms with Gasteiger partial charge in [0.25, 0.3) is 10.1 Å². The SMILES string of the molecule is CC(C)(C)C(C)(O)CC[C@@H]1[C@H]2Cc3ccc(O)cc3[C@@]1(C)CCN2CC1CC1.CS(=O)(=O)O. The van der Waals surface area contributed by atoms with Crippen molar-refractivity contribution >= 4 is 10.1 Å². The third kappa shape index (κ3) is 6.30. The smallest absolute Gasteiger partial charge is 0.261 e. The van der Waals surface area contributed by atoms with Gasteiger partial charge in [0.15, 0.2) is 0 Å². The van der Waals surface area contributed by atoms with Gasteiger partial charge in [-0.15, -0.1) is 0 Å². The summed E-state index contributed by atoms with van der Waals surface area (Å²) in [6.45, 7) is 13.3. The van der Waals surface area contributed by atoms with Gasteiger partial charge < -0.3 is 10.2 Å². The van der Waals surface area contributed by atoms with Crippen LogP contribution in [0.25, 0.3) is 0 Å². The molecule has 0 spiro atoms. The van der Waals surface area contributed by atoms with Crippen molar-refractivity contribution in [2.24, 2.45) is 17.3 Å². The first-order chi connectivity index (χ1) is 15.0. The molecule has 6 nitrogen and oxygen atoms in total. The van der Waals surface area contributed by atoms with Crippen LogP contribution in [0.4, 0.5) is 0 Å². The molecule has 2 bridgehead atoms. The topological polar surface area (TPSA) is 98.1 Å². The zero-order valence-electron chi connectivity index (χ0n) is 21.1. The van der Waals surface area contributed by atoms with Crippen LogP contribution in [0.15, 0.2) is 18.2 Å². The maximum Gasteiger partial charge on any atom is 0.261 e. The van der Waals surface area contributed by atoms with Crippen molar-refractivity contribution in [3.05, 3.63) is 29.3 Å². The molecule has 1 heterocycles. The van der Waals surface area contributed by atoms with E-state index in [1.807, 2.05) is 19.1 Å². The molecule has 188 valence electrons. The highest BCUT2D eigenvalue weighted by Crippen LogP contribution is 2.52. The maximum absolute atomic E-state index is 11.1. The van der Waals surface area contributed by atoms with Crippen molar-refractivity contribution in [1.82, 2.24) is 4.90 Å². The Morgan fingerprint density at radius 2 is 1.79 bits per heavy atom. The minimum absolute atomic E-state index is 0.0883. The van der Waals surface area contributed by atoms with Crippen molar-refractivity contribution in [2.75, 3.05) is 19.3 Å². The van der Waals surface area contributed by atoms with E-state index in [0.717, 1.165) is 31.6 Å². The fourth-order valence-electron chi connectivity index (χ4n) is 5.69. The Morgan fingerprint density at radius 1 is 1.18 bits per heavy atom. The zero-order chi connectivity index (χ0) is 24.8. The van der Waals surface area contributed by atoms with Crippen LogP contribution in [0, 0.1) is 17.3 Å². The van der Waals surface area contributed by atoms with Crippen LogP contribution < -0.4 is 0 Å². The molecule has 0 radical (unpaired) electrons. The molecule has 1 saturated carbocycles. The number of likely N-dealkylation sites (tertiary alicyclic amines) is 1. The number of aromatic hydroxyl groups is 1. The second-order valence-electron chi connectivity index (χ2n) is 12.1. The molecule has 1 aromatic carbocycles. The molecule has 33 heavy (non-hydrogen) atoms. The van der Waals surface area contributed by atoms with E-state index in [4.69, 9.17) is 4.55 Å². The molecule has 3 N–H and O–H groups in total.